The highest BCUT2D eigenvalue weighted by atomic mass is 35.5. The minimum atomic E-state index is -3.74. The van der Waals surface area contributed by atoms with Crippen molar-refractivity contribution in [1.29, 1.82) is 0 Å². The van der Waals surface area contributed by atoms with Crippen LogP contribution in [0.3, 0.4) is 0 Å². The molecule has 130 valence electrons. The van der Waals surface area contributed by atoms with Gasteiger partial charge >= 0.3 is 0 Å². The van der Waals surface area contributed by atoms with Crippen LogP contribution in [0.15, 0.2) is 23.1 Å². The van der Waals surface area contributed by atoms with Crippen LogP contribution >= 0.6 is 12.4 Å². The second-order valence-electron chi connectivity index (χ2n) is 6.02. The fourth-order valence-electron chi connectivity index (χ4n) is 3.42. The van der Waals surface area contributed by atoms with Gasteiger partial charge in [0.25, 0.3) is 0 Å². The van der Waals surface area contributed by atoms with Gasteiger partial charge in [-0.1, -0.05) is 0 Å². The summed E-state index contributed by atoms with van der Waals surface area (Å²) in [4.78, 5) is -0.177. The van der Waals surface area contributed by atoms with Crippen LogP contribution in [0.4, 0.5) is 8.78 Å². The highest BCUT2D eigenvalue weighted by molar-refractivity contribution is 7.89. The molecule has 0 spiro atoms. The molecule has 0 aromatic heterocycles. The molecule has 0 saturated carbocycles. The van der Waals surface area contributed by atoms with E-state index in [1.807, 2.05) is 0 Å². The molecule has 1 N–H and O–H groups in total. The number of sulfonamides is 1. The lowest BCUT2D eigenvalue weighted by Gasteiger charge is -2.34. The van der Waals surface area contributed by atoms with Gasteiger partial charge in [0.05, 0.1) is 4.90 Å². The Labute approximate surface area is 141 Å². The van der Waals surface area contributed by atoms with Crippen LogP contribution in [-0.4, -0.2) is 38.4 Å². The van der Waals surface area contributed by atoms with Gasteiger partial charge in [-0.15, -0.1) is 12.4 Å². The minimum Gasteiger partial charge on any atom is -0.314 e. The maximum atomic E-state index is 13.3. The molecule has 23 heavy (non-hydrogen) atoms. The molecule has 8 heteroatoms. The van der Waals surface area contributed by atoms with Crippen LogP contribution in [0.5, 0.6) is 0 Å². The van der Waals surface area contributed by atoms with Crippen molar-refractivity contribution >= 4 is 22.4 Å². The van der Waals surface area contributed by atoms with Crippen molar-refractivity contribution in [2.75, 3.05) is 19.6 Å². The van der Waals surface area contributed by atoms with Crippen LogP contribution in [0.1, 0.15) is 25.7 Å². The van der Waals surface area contributed by atoms with E-state index in [9.17, 15) is 17.2 Å². The van der Waals surface area contributed by atoms with E-state index in [1.54, 1.807) is 0 Å². The molecule has 2 saturated heterocycles. The van der Waals surface area contributed by atoms with Crippen molar-refractivity contribution in [2.45, 2.75) is 36.6 Å². The predicted octanol–water partition coefficient (Wildman–Crippen LogP) is 2.54. The molecule has 2 fully saturated rings. The van der Waals surface area contributed by atoms with E-state index in [1.165, 1.54) is 10.7 Å². The van der Waals surface area contributed by atoms with E-state index in [-0.39, 0.29) is 17.3 Å². The van der Waals surface area contributed by atoms with E-state index in [0.29, 0.717) is 25.0 Å². The first-order chi connectivity index (χ1) is 10.5. The summed E-state index contributed by atoms with van der Waals surface area (Å²) < 4.78 is 52.6. The molecule has 0 amide bonds. The molecule has 2 aliphatic heterocycles. The monoisotopic (exact) mass is 366 g/mol. The maximum Gasteiger partial charge on any atom is 0.243 e. The van der Waals surface area contributed by atoms with E-state index in [0.717, 1.165) is 44.0 Å². The zero-order valence-corrected chi connectivity index (χ0v) is 14.3. The van der Waals surface area contributed by atoms with Crippen molar-refractivity contribution in [2.24, 2.45) is 5.92 Å². The normalized spacial score (nSPS) is 23.7. The number of hydrogen-bond acceptors (Lipinski definition) is 3. The van der Waals surface area contributed by atoms with Crippen molar-refractivity contribution in [3.8, 4) is 0 Å². The quantitative estimate of drug-likeness (QED) is 0.894. The fourth-order valence-corrected chi connectivity index (χ4v) is 4.90. The Hall–Kier alpha value is -0.760. The Morgan fingerprint density at radius 3 is 2.35 bits per heavy atom. The summed E-state index contributed by atoms with van der Waals surface area (Å²) >= 11 is 0. The van der Waals surface area contributed by atoms with Gasteiger partial charge in [-0.05, 0) is 56.3 Å². The molecule has 1 aromatic carbocycles. The number of rotatable bonds is 3. The fraction of sp³-hybridized carbons (Fsp3) is 0.600. The minimum absolute atomic E-state index is 0. The van der Waals surface area contributed by atoms with Gasteiger partial charge in [0.15, 0.2) is 11.6 Å². The highest BCUT2D eigenvalue weighted by Crippen LogP contribution is 2.29. The van der Waals surface area contributed by atoms with Gasteiger partial charge < -0.3 is 5.32 Å². The summed E-state index contributed by atoms with van der Waals surface area (Å²) in [6.45, 7) is 1.91. The summed E-state index contributed by atoms with van der Waals surface area (Å²) in [6, 6.07) is 3.23. The molecular formula is C15H21ClF2N2O2S. The Morgan fingerprint density at radius 2 is 1.78 bits per heavy atom. The lowest BCUT2D eigenvalue weighted by molar-refractivity contribution is 0.234. The van der Waals surface area contributed by atoms with E-state index >= 15 is 0 Å². The first kappa shape index (κ1) is 18.6. The van der Waals surface area contributed by atoms with Crippen molar-refractivity contribution in [3.63, 3.8) is 0 Å². The summed E-state index contributed by atoms with van der Waals surface area (Å²) in [5.74, 6) is -1.67. The summed E-state index contributed by atoms with van der Waals surface area (Å²) in [5, 5.41) is 3.47. The Morgan fingerprint density at radius 1 is 1.09 bits per heavy atom. The molecule has 0 bridgehead atoms. The van der Waals surface area contributed by atoms with E-state index in [2.05, 4.69) is 5.32 Å². The standard InChI is InChI=1S/C15H20F2N2O2S.ClH/c16-13-4-3-12(10-14(13)17)22(20,21)19-8-5-11(6-9-19)15-2-1-7-18-15;/h3-4,10-11,15,18H,1-2,5-9H2;1H. The zero-order valence-electron chi connectivity index (χ0n) is 12.7. The number of nitrogens with one attached hydrogen (secondary N) is 1. The molecule has 1 atom stereocenters. The van der Waals surface area contributed by atoms with Crippen LogP contribution in [0.25, 0.3) is 0 Å². The van der Waals surface area contributed by atoms with Gasteiger partial charge in [-0.3, -0.25) is 0 Å². The molecule has 1 aromatic rings. The van der Waals surface area contributed by atoms with E-state index in [4.69, 9.17) is 0 Å². The van der Waals surface area contributed by atoms with E-state index < -0.39 is 21.7 Å². The third-order valence-electron chi connectivity index (χ3n) is 4.69. The number of benzene rings is 1. The van der Waals surface area contributed by atoms with Gasteiger partial charge in [0.1, 0.15) is 0 Å². The third kappa shape index (κ3) is 3.84. The summed E-state index contributed by atoms with van der Waals surface area (Å²) in [5.41, 5.74) is 0. The number of piperidine rings is 1. The Balaban J connectivity index is 0.00000192. The molecule has 0 radical (unpaired) electrons. The molecule has 0 aliphatic carbocycles. The van der Waals surface area contributed by atoms with Crippen molar-refractivity contribution in [1.82, 2.24) is 9.62 Å². The molecule has 2 aliphatic rings. The number of halogens is 3. The third-order valence-corrected chi connectivity index (χ3v) is 6.59. The topological polar surface area (TPSA) is 49.4 Å². The average molecular weight is 367 g/mol. The second kappa shape index (κ2) is 7.42. The summed E-state index contributed by atoms with van der Waals surface area (Å²) in [7, 11) is -3.74. The molecule has 3 rings (SSSR count). The van der Waals surface area contributed by atoms with Crippen molar-refractivity contribution in [3.05, 3.63) is 29.8 Å². The molecule has 1 unspecified atom stereocenters. The maximum absolute atomic E-state index is 13.3. The van der Waals surface area contributed by atoms with Crippen LogP contribution in [-0.2, 0) is 10.0 Å². The van der Waals surface area contributed by atoms with Gasteiger partial charge in [-0.2, -0.15) is 4.31 Å². The Bertz CT molecular complexity index is 643. The van der Waals surface area contributed by atoms with Gasteiger partial charge in [0, 0.05) is 19.1 Å². The SMILES string of the molecule is Cl.O=S(=O)(c1ccc(F)c(F)c1)N1CCC(C2CCCN2)CC1. The lowest BCUT2D eigenvalue weighted by atomic mass is 9.89. The zero-order chi connectivity index (χ0) is 15.7. The first-order valence-electron chi connectivity index (χ1n) is 7.67. The number of nitrogens with zero attached hydrogens (tertiary/aromatic N) is 1. The predicted molar refractivity (Wildman–Crippen MR) is 86.1 cm³/mol. The average Bonchev–Trinajstić information content (AvgIpc) is 3.04. The van der Waals surface area contributed by atoms with Gasteiger partial charge in [-0.25, -0.2) is 17.2 Å². The van der Waals surface area contributed by atoms with Gasteiger partial charge in [0.2, 0.25) is 10.0 Å². The first-order valence-corrected chi connectivity index (χ1v) is 9.11. The highest BCUT2D eigenvalue weighted by Gasteiger charge is 2.33. The molecular weight excluding hydrogens is 346 g/mol. The largest absolute Gasteiger partial charge is 0.314 e. The molecule has 4 nitrogen and oxygen atoms in total. The molecule has 2 heterocycles. The Kier molecular flexibility index (Phi) is 5.99. The van der Waals surface area contributed by atoms with Crippen LogP contribution < -0.4 is 5.32 Å². The second-order valence-corrected chi connectivity index (χ2v) is 7.96. The lowest BCUT2D eigenvalue weighted by Crippen LogP contribution is -2.43. The smallest absolute Gasteiger partial charge is 0.243 e. The summed E-state index contributed by atoms with van der Waals surface area (Å²) in [6.07, 6.45) is 3.94. The van der Waals surface area contributed by atoms with Crippen LogP contribution in [0, 0.1) is 17.6 Å². The number of hydrogen-bond donors (Lipinski definition) is 1. The van der Waals surface area contributed by atoms with Crippen LogP contribution in [0.2, 0.25) is 0 Å². The van der Waals surface area contributed by atoms with Crippen molar-refractivity contribution < 1.29 is 17.2 Å².